The second-order valence-corrected chi connectivity index (χ2v) is 4.84. The highest BCUT2D eigenvalue weighted by Crippen LogP contribution is 2.18. The Bertz CT molecular complexity index is 391. The maximum absolute atomic E-state index is 12.0. The molecule has 0 radical (unpaired) electrons. The molecule has 1 aliphatic rings. The summed E-state index contributed by atoms with van der Waals surface area (Å²) in [7, 11) is 1.68. The molecule has 1 heterocycles. The molecule has 0 aromatic heterocycles. The number of nitrogens with zero attached hydrogens (tertiary/aromatic N) is 1. The number of ether oxygens (including phenoxy) is 1. The summed E-state index contributed by atoms with van der Waals surface area (Å²) >= 11 is 0. The first kappa shape index (κ1) is 12.1. The van der Waals surface area contributed by atoms with Gasteiger partial charge in [-0.3, -0.25) is 4.79 Å². The van der Waals surface area contributed by atoms with Gasteiger partial charge in [0, 0.05) is 25.8 Å². The van der Waals surface area contributed by atoms with Crippen molar-refractivity contribution in [1.29, 1.82) is 0 Å². The molecule has 3 nitrogen and oxygen atoms in total. The molecule has 1 aliphatic heterocycles. The number of likely N-dealkylation sites (tertiary alicyclic amines) is 1. The minimum absolute atomic E-state index is 0.105. The number of methoxy groups -OCH3 is 1. The summed E-state index contributed by atoms with van der Waals surface area (Å²) in [5.74, 6) is 0.606. The zero-order valence-electron chi connectivity index (χ0n) is 10.6. The highest BCUT2D eigenvalue weighted by Gasteiger charge is 2.30. The Morgan fingerprint density at radius 1 is 1.29 bits per heavy atom. The van der Waals surface area contributed by atoms with Crippen LogP contribution < -0.4 is 0 Å². The Balaban J connectivity index is 2.01. The van der Waals surface area contributed by atoms with Gasteiger partial charge in [-0.25, -0.2) is 0 Å². The number of amides is 1. The van der Waals surface area contributed by atoms with Gasteiger partial charge < -0.3 is 9.64 Å². The fraction of sp³-hybridized carbons (Fsp3) is 0.500. The van der Waals surface area contributed by atoms with E-state index in [1.54, 1.807) is 7.11 Å². The highest BCUT2D eigenvalue weighted by molar-refractivity contribution is 5.94. The molecule has 0 saturated carbocycles. The summed E-state index contributed by atoms with van der Waals surface area (Å²) < 4.78 is 5.16. The van der Waals surface area contributed by atoms with Crippen molar-refractivity contribution in [3.63, 3.8) is 0 Å². The number of carbonyl (C=O) groups excluding carboxylic acids is 1. The topological polar surface area (TPSA) is 29.5 Å². The normalized spacial score (nSPS) is 16.1. The third kappa shape index (κ3) is 2.50. The van der Waals surface area contributed by atoms with Gasteiger partial charge in [-0.05, 0) is 23.6 Å². The molecule has 0 bridgehead atoms. The third-order valence-corrected chi connectivity index (χ3v) is 3.29. The molecule has 0 N–H and O–H groups in total. The second kappa shape index (κ2) is 4.88. The summed E-state index contributed by atoms with van der Waals surface area (Å²) in [5.41, 5.74) is 2.03. The quantitative estimate of drug-likeness (QED) is 0.801. The van der Waals surface area contributed by atoms with E-state index in [-0.39, 0.29) is 12.0 Å². The van der Waals surface area contributed by atoms with Crippen LogP contribution in [0.25, 0.3) is 0 Å². The first-order valence-electron chi connectivity index (χ1n) is 6.04. The summed E-state index contributed by atoms with van der Waals surface area (Å²) in [4.78, 5) is 13.9. The van der Waals surface area contributed by atoms with Crippen molar-refractivity contribution in [2.24, 2.45) is 0 Å². The van der Waals surface area contributed by atoms with Crippen molar-refractivity contribution in [3.8, 4) is 0 Å². The standard InChI is InChI=1S/C14H19NO2/c1-10(2)11-4-6-12(7-5-11)14(16)15-8-13(9-15)17-3/h4-7,10,13H,8-9H2,1-3H3. The summed E-state index contributed by atoms with van der Waals surface area (Å²) in [5, 5.41) is 0. The van der Waals surface area contributed by atoms with Crippen LogP contribution in [0, 0.1) is 0 Å². The first-order chi connectivity index (χ1) is 8.11. The summed E-state index contributed by atoms with van der Waals surface area (Å²) in [6.45, 7) is 5.72. The maximum atomic E-state index is 12.0. The molecule has 1 amide bonds. The average Bonchev–Trinajstić information content (AvgIpc) is 2.27. The Morgan fingerprint density at radius 2 is 1.88 bits per heavy atom. The SMILES string of the molecule is COC1CN(C(=O)c2ccc(C(C)C)cc2)C1. The predicted octanol–water partition coefficient (Wildman–Crippen LogP) is 2.28. The fourth-order valence-electron chi connectivity index (χ4n) is 1.95. The molecule has 0 atom stereocenters. The molecule has 1 fully saturated rings. The molecule has 3 heteroatoms. The van der Waals surface area contributed by atoms with Crippen LogP contribution in [0.4, 0.5) is 0 Å². The minimum atomic E-state index is 0.105. The number of hydrogen-bond donors (Lipinski definition) is 0. The van der Waals surface area contributed by atoms with E-state index in [9.17, 15) is 4.79 Å². The van der Waals surface area contributed by atoms with E-state index in [1.165, 1.54) is 5.56 Å². The van der Waals surface area contributed by atoms with Crippen LogP contribution in [-0.4, -0.2) is 37.1 Å². The third-order valence-electron chi connectivity index (χ3n) is 3.29. The molecule has 92 valence electrons. The lowest BCUT2D eigenvalue weighted by Gasteiger charge is -2.38. The zero-order chi connectivity index (χ0) is 12.4. The van der Waals surface area contributed by atoms with Crippen LogP contribution in [-0.2, 0) is 4.74 Å². The van der Waals surface area contributed by atoms with Gasteiger partial charge in [-0.15, -0.1) is 0 Å². The molecular weight excluding hydrogens is 214 g/mol. The van der Waals surface area contributed by atoms with E-state index < -0.39 is 0 Å². The van der Waals surface area contributed by atoms with Crippen LogP contribution in [0.2, 0.25) is 0 Å². The van der Waals surface area contributed by atoms with Gasteiger partial charge in [0.1, 0.15) is 0 Å². The second-order valence-electron chi connectivity index (χ2n) is 4.84. The Labute approximate surface area is 102 Å². The van der Waals surface area contributed by atoms with Crippen molar-refractivity contribution < 1.29 is 9.53 Å². The number of rotatable bonds is 3. The van der Waals surface area contributed by atoms with Gasteiger partial charge in [-0.1, -0.05) is 26.0 Å². The van der Waals surface area contributed by atoms with Gasteiger partial charge in [0.2, 0.25) is 0 Å². The number of carbonyl (C=O) groups is 1. The summed E-state index contributed by atoms with van der Waals surface area (Å²) in [6.07, 6.45) is 0.217. The summed E-state index contributed by atoms with van der Waals surface area (Å²) in [6, 6.07) is 7.90. The van der Waals surface area contributed by atoms with Gasteiger partial charge >= 0.3 is 0 Å². The Hall–Kier alpha value is -1.35. The van der Waals surface area contributed by atoms with Crippen molar-refractivity contribution in [1.82, 2.24) is 4.90 Å². The van der Waals surface area contributed by atoms with Gasteiger partial charge in [-0.2, -0.15) is 0 Å². The van der Waals surface area contributed by atoms with Crippen molar-refractivity contribution in [2.45, 2.75) is 25.9 Å². The van der Waals surface area contributed by atoms with Crippen LogP contribution in [0.5, 0.6) is 0 Å². The van der Waals surface area contributed by atoms with Crippen LogP contribution in [0.3, 0.4) is 0 Å². The van der Waals surface area contributed by atoms with Crippen molar-refractivity contribution >= 4 is 5.91 Å². The average molecular weight is 233 g/mol. The van der Waals surface area contributed by atoms with Crippen molar-refractivity contribution in [3.05, 3.63) is 35.4 Å². The molecule has 0 spiro atoms. The molecule has 0 aliphatic carbocycles. The van der Waals surface area contributed by atoms with Gasteiger partial charge in [0.05, 0.1) is 6.10 Å². The minimum Gasteiger partial charge on any atom is -0.378 e. The number of hydrogen-bond acceptors (Lipinski definition) is 2. The smallest absolute Gasteiger partial charge is 0.254 e. The zero-order valence-corrected chi connectivity index (χ0v) is 10.6. The molecule has 1 aromatic carbocycles. The molecule has 1 saturated heterocycles. The van der Waals surface area contributed by atoms with E-state index in [1.807, 2.05) is 29.2 Å². The monoisotopic (exact) mass is 233 g/mol. The Morgan fingerprint density at radius 3 is 2.35 bits per heavy atom. The largest absolute Gasteiger partial charge is 0.378 e. The maximum Gasteiger partial charge on any atom is 0.254 e. The highest BCUT2D eigenvalue weighted by atomic mass is 16.5. The number of benzene rings is 1. The molecule has 1 aromatic rings. The van der Waals surface area contributed by atoms with E-state index in [4.69, 9.17) is 4.74 Å². The fourth-order valence-corrected chi connectivity index (χ4v) is 1.95. The van der Waals surface area contributed by atoms with E-state index in [0.717, 1.165) is 5.56 Å². The van der Waals surface area contributed by atoms with Crippen LogP contribution >= 0.6 is 0 Å². The first-order valence-corrected chi connectivity index (χ1v) is 6.04. The molecule has 17 heavy (non-hydrogen) atoms. The van der Waals surface area contributed by atoms with Gasteiger partial charge in [0.15, 0.2) is 0 Å². The lowest BCUT2D eigenvalue weighted by Crippen LogP contribution is -2.54. The van der Waals surface area contributed by atoms with E-state index in [0.29, 0.717) is 19.0 Å². The van der Waals surface area contributed by atoms with E-state index in [2.05, 4.69) is 13.8 Å². The van der Waals surface area contributed by atoms with Gasteiger partial charge in [0.25, 0.3) is 5.91 Å². The lowest BCUT2D eigenvalue weighted by atomic mass is 10.0. The molecule has 2 rings (SSSR count). The van der Waals surface area contributed by atoms with Crippen LogP contribution in [0.1, 0.15) is 35.7 Å². The predicted molar refractivity (Wildman–Crippen MR) is 67.2 cm³/mol. The molecule has 0 unspecified atom stereocenters. The van der Waals surface area contributed by atoms with Crippen LogP contribution in [0.15, 0.2) is 24.3 Å². The lowest BCUT2D eigenvalue weighted by molar-refractivity contribution is -0.0191. The van der Waals surface area contributed by atoms with Crippen molar-refractivity contribution in [2.75, 3.05) is 20.2 Å². The van der Waals surface area contributed by atoms with E-state index >= 15 is 0 Å². The Kier molecular flexibility index (Phi) is 3.48. The molecular formula is C14H19NO2.